The first-order chi connectivity index (χ1) is 11.1. The van der Waals surface area contributed by atoms with Gasteiger partial charge in [0.1, 0.15) is 24.0 Å². The minimum absolute atomic E-state index is 0.0726. The van der Waals surface area contributed by atoms with E-state index in [2.05, 4.69) is 20.9 Å². The number of aromatic nitrogens is 1. The molecule has 6 heteroatoms. The van der Waals surface area contributed by atoms with Crippen molar-refractivity contribution in [3.8, 4) is 22.9 Å². The molecular weight excluding hydrogens is 360 g/mol. The predicted molar refractivity (Wildman–Crippen MR) is 91.6 cm³/mol. The van der Waals surface area contributed by atoms with Crippen LogP contribution in [0.25, 0.3) is 11.1 Å². The molecule has 0 amide bonds. The number of ether oxygens (including phenoxy) is 2. The van der Waals surface area contributed by atoms with E-state index in [0.29, 0.717) is 42.4 Å². The number of benzene rings is 1. The summed E-state index contributed by atoms with van der Waals surface area (Å²) in [5.41, 5.74) is 1.61. The molecule has 0 radical (unpaired) electrons. The van der Waals surface area contributed by atoms with Crippen LogP contribution in [0.5, 0.6) is 5.75 Å². The molecule has 0 aliphatic rings. The second-order valence-corrected chi connectivity index (χ2v) is 5.78. The maximum absolute atomic E-state index is 12.0. The number of hydrogen-bond donors (Lipinski definition) is 1. The third kappa shape index (κ3) is 4.21. The van der Waals surface area contributed by atoms with E-state index < -0.39 is 5.56 Å². The smallest absolute Gasteiger partial charge is 0.266 e. The Labute approximate surface area is 143 Å². The van der Waals surface area contributed by atoms with Crippen molar-refractivity contribution in [3.05, 3.63) is 50.3 Å². The van der Waals surface area contributed by atoms with Crippen molar-refractivity contribution in [2.75, 3.05) is 19.8 Å². The quantitative estimate of drug-likeness (QED) is 0.783. The van der Waals surface area contributed by atoms with Crippen molar-refractivity contribution in [2.24, 2.45) is 0 Å². The van der Waals surface area contributed by atoms with Gasteiger partial charge in [0.05, 0.1) is 6.61 Å². The lowest BCUT2D eigenvalue weighted by molar-refractivity contribution is 0.110. The molecule has 0 unspecified atom stereocenters. The van der Waals surface area contributed by atoms with Crippen LogP contribution in [-0.2, 0) is 4.74 Å². The van der Waals surface area contributed by atoms with Crippen molar-refractivity contribution in [3.63, 3.8) is 0 Å². The average Bonchev–Trinajstić information content (AvgIpc) is 2.52. The molecule has 0 fully saturated rings. The van der Waals surface area contributed by atoms with Gasteiger partial charge in [-0.05, 0) is 38.1 Å². The van der Waals surface area contributed by atoms with Gasteiger partial charge >= 0.3 is 0 Å². The second-order valence-electron chi connectivity index (χ2n) is 4.87. The van der Waals surface area contributed by atoms with Crippen LogP contribution in [0.3, 0.4) is 0 Å². The Morgan fingerprint density at radius 2 is 2.04 bits per heavy atom. The molecule has 0 spiro atoms. The highest BCUT2D eigenvalue weighted by Gasteiger charge is 2.15. The fraction of sp³-hybridized carbons (Fsp3) is 0.294. The van der Waals surface area contributed by atoms with E-state index in [-0.39, 0.29) is 5.56 Å². The van der Waals surface area contributed by atoms with Crippen LogP contribution in [0.1, 0.15) is 18.2 Å². The Morgan fingerprint density at radius 1 is 1.26 bits per heavy atom. The second kappa shape index (κ2) is 7.95. The van der Waals surface area contributed by atoms with Gasteiger partial charge < -0.3 is 14.5 Å². The summed E-state index contributed by atoms with van der Waals surface area (Å²) >= 11 is 3.42. The van der Waals surface area contributed by atoms with Crippen LogP contribution in [0.2, 0.25) is 0 Å². The monoisotopic (exact) mass is 376 g/mol. The van der Waals surface area contributed by atoms with Gasteiger partial charge in [0, 0.05) is 27.9 Å². The number of nitriles is 1. The van der Waals surface area contributed by atoms with Crippen LogP contribution in [-0.4, -0.2) is 24.8 Å². The van der Waals surface area contributed by atoms with Crippen molar-refractivity contribution in [1.29, 1.82) is 5.26 Å². The fourth-order valence-corrected chi connectivity index (χ4v) is 2.57. The largest absolute Gasteiger partial charge is 0.491 e. The highest BCUT2D eigenvalue weighted by molar-refractivity contribution is 9.10. The fourth-order valence-electron chi connectivity index (χ4n) is 2.21. The van der Waals surface area contributed by atoms with Crippen molar-refractivity contribution >= 4 is 15.9 Å². The molecule has 23 heavy (non-hydrogen) atoms. The maximum atomic E-state index is 12.0. The Balaban J connectivity index is 2.49. The minimum atomic E-state index is -0.400. The van der Waals surface area contributed by atoms with Crippen molar-refractivity contribution in [2.45, 2.75) is 13.8 Å². The maximum Gasteiger partial charge on any atom is 0.266 e. The Kier molecular flexibility index (Phi) is 5.97. The summed E-state index contributed by atoms with van der Waals surface area (Å²) in [6.07, 6.45) is 0. The van der Waals surface area contributed by atoms with E-state index in [1.807, 2.05) is 31.2 Å². The molecule has 2 rings (SSSR count). The topological polar surface area (TPSA) is 75.1 Å². The average molecular weight is 377 g/mol. The summed E-state index contributed by atoms with van der Waals surface area (Å²) in [4.78, 5) is 14.7. The summed E-state index contributed by atoms with van der Waals surface area (Å²) in [6.45, 7) is 5.20. The zero-order chi connectivity index (χ0) is 16.8. The Hall–Kier alpha value is -2.10. The van der Waals surface area contributed by atoms with Crippen molar-refractivity contribution < 1.29 is 9.47 Å². The number of aryl methyl sites for hydroxylation is 1. The molecule has 120 valence electrons. The van der Waals surface area contributed by atoms with Crippen LogP contribution in [0.15, 0.2) is 33.5 Å². The summed E-state index contributed by atoms with van der Waals surface area (Å²) in [7, 11) is 0. The molecule has 0 aliphatic heterocycles. The van der Waals surface area contributed by atoms with Gasteiger partial charge in [0.15, 0.2) is 0 Å². The number of nitrogens with zero attached hydrogens (tertiary/aromatic N) is 1. The molecule has 1 aromatic carbocycles. The van der Waals surface area contributed by atoms with Crippen LogP contribution < -0.4 is 10.3 Å². The van der Waals surface area contributed by atoms with Gasteiger partial charge in [-0.2, -0.15) is 5.26 Å². The standard InChI is InChI=1S/C17H17BrN2O3/c1-3-22-6-7-23-16-5-4-12(18)9-14(16)13-8-11(2)20-17(21)15(13)10-19/h4-5,8-9H,3,6-7H2,1-2H3,(H,20,21). The number of halogens is 1. The van der Waals surface area contributed by atoms with Gasteiger partial charge in [0.25, 0.3) is 5.56 Å². The predicted octanol–water partition coefficient (Wildman–Crippen LogP) is 3.40. The van der Waals surface area contributed by atoms with E-state index in [9.17, 15) is 10.1 Å². The number of aromatic amines is 1. The first-order valence-electron chi connectivity index (χ1n) is 7.21. The van der Waals surface area contributed by atoms with Gasteiger partial charge in [0.2, 0.25) is 0 Å². The van der Waals surface area contributed by atoms with E-state index in [4.69, 9.17) is 9.47 Å². The Morgan fingerprint density at radius 3 is 2.74 bits per heavy atom. The number of H-pyrrole nitrogens is 1. The van der Waals surface area contributed by atoms with E-state index in [1.165, 1.54) is 0 Å². The number of nitrogens with one attached hydrogen (secondary N) is 1. The zero-order valence-corrected chi connectivity index (χ0v) is 14.6. The summed E-state index contributed by atoms with van der Waals surface area (Å²) in [6, 6.07) is 9.25. The molecule has 0 aliphatic carbocycles. The molecule has 1 aromatic heterocycles. The van der Waals surface area contributed by atoms with E-state index in [1.54, 1.807) is 13.0 Å². The molecule has 0 atom stereocenters. The lowest BCUT2D eigenvalue weighted by Gasteiger charge is -2.13. The molecular formula is C17H17BrN2O3. The SMILES string of the molecule is CCOCCOc1ccc(Br)cc1-c1cc(C)[nH]c(=O)c1C#N. The summed E-state index contributed by atoms with van der Waals surface area (Å²) in [5.74, 6) is 0.606. The van der Waals surface area contributed by atoms with Crippen LogP contribution in [0, 0.1) is 18.3 Å². The van der Waals surface area contributed by atoms with E-state index in [0.717, 1.165) is 4.47 Å². The molecule has 1 N–H and O–H groups in total. The molecule has 0 saturated heterocycles. The number of rotatable bonds is 6. The Bertz CT molecular complexity index is 793. The van der Waals surface area contributed by atoms with Gasteiger partial charge in [-0.15, -0.1) is 0 Å². The molecule has 1 heterocycles. The minimum Gasteiger partial charge on any atom is -0.491 e. The lowest BCUT2D eigenvalue weighted by atomic mass is 10.00. The highest BCUT2D eigenvalue weighted by atomic mass is 79.9. The van der Waals surface area contributed by atoms with E-state index >= 15 is 0 Å². The molecule has 0 bridgehead atoms. The molecule has 0 saturated carbocycles. The molecule has 5 nitrogen and oxygen atoms in total. The first-order valence-corrected chi connectivity index (χ1v) is 8.00. The van der Waals surface area contributed by atoms with Gasteiger partial charge in [-0.25, -0.2) is 0 Å². The summed E-state index contributed by atoms with van der Waals surface area (Å²) < 4.78 is 11.9. The van der Waals surface area contributed by atoms with Gasteiger partial charge in [-0.3, -0.25) is 4.79 Å². The summed E-state index contributed by atoms with van der Waals surface area (Å²) in [5, 5.41) is 9.32. The van der Waals surface area contributed by atoms with Crippen molar-refractivity contribution in [1.82, 2.24) is 4.98 Å². The van der Waals surface area contributed by atoms with Crippen LogP contribution >= 0.6 is 15.9 Å². The van der Waals surface area contributed by atoms with Crippen LogP contribution in [0.4, 0.5) is 0 Å². The first kappa shape index (κ1) is 17.3. The molecule has 2 aromatic rings. The van der Waals surface area contributed by atoms with Gasteiger partial charge in [-0.1, -0.05) is 15.9 Å². The third-order valence-electron chi connectivity index (χ3n) is 3.20. The lowest BCUT2D eigenvalue weighted by Crippen LogP contribution is -2.13. The number of pyridine rings is 1. The third-order valence-corrected chi connectivity index (χ3v) is 3.69. The highest BCUT2D eigenvalue weighted by Crippen LogP contribution is 2.34. The number of hydrogen-bond acceptors (Lipinski definition) is 4. The normalized spacial score (nSPS) is 10.3. The zero-order valence-electron chi connectivity index (χ0n) is 13.0.